The van der Waals surface area contributed by atoms with Crippen LogP contribution in [0.25, 0.3) is 0 Å². The second-order valence-electron chi connectivity index (χ2n) is 2.28. The molecule has 0 aromatic heterocycles. The normalized spacial score (nSPS) is 11.0. The Morgan fingerprint density at radius 1 is 1.50 bits per heavy atom. The fourth-order valence-corrected chi connectivity index (χ4v) is 4.06. The van der Waals surface area contributed by atoms with Crippen molar-refractivity contribution in [1.82, 2.24) is 0 Å². The summed E-state index contributed by atoms with van der Waals surface area (Å²) in [5, 5.41) is 8.79. The number of hydrogen-bond acceptors (Lipinski definition) is 3. The summed E-state index contributed by atoms with van der Waals surface area (Å²) in [6, 6.07) is 4.98. The van der Waals surface area contributed by atoms with Crippen LogP contribution in [0.1, 0.15) is 5.56 Å². The van der Waals surface area contributed by atoms with Crippen LogP contribution in [-0.2, 0) is 9.05 Å². The first-order chi connectivity index (χ1) is 6.38. The van der Waals surface area contributed by atoms with E-state index in [1.165, 1.54) is 6.07 Å². The molecule has 0 radical (unpaired) electrons. The van der Waals surface area contributed by atoms with Crippen molar-refractivity contribution in [1.29, 1.82) is 5.26 Å². The number of hydrogen-bond donors (Lipinski definition) is 0. The summed E-state index contributed by atoms with van der Waals surface area (Å²) in [6.07, 6.45) is 0. The molecular weight excluding hydrogens is 404 g/mol. The van der Waals surface area contributed by atoms with Gasteiger partial charge in [-0.05, 0) is 50.7 Å². The SMILES string of the molecule is N#Cc1c(I)ccc(Br)c1S(=O)(=O)Cl. The first-order valence-electron chi connectivity index (χ1n) is 3.20. The number of nitriles is 1. The lowest BCUT2D eigenvalue weighted by Crippen LogP contribution is -1.98. The Balaban J connectivity index is 3.74. The van der Waals surface area contributed by atoms with Gasteiger partial charge in [0.05, 0.1) is 5.56 Å². The van der Waals surface area contributed by atoms with Gasteiger partial charge in [-0.3, -0.25) is 0 Å². The zero-order valence-corrected chi connectivity index (χ0v) is 11.8. The summed E-state index contributed by atoms with van der Waals surface area (Å²) in [4.78, 5) is -0.173. The molecule has 0 saturated heterocycles. The Labute approximate surface area is 108 Å². The van der Waals surface area contributed by atoms with E-state index in [0.717, 1.165) is 0 Å². The van der Waals surface area contributed by atoms with Crippen molar-refractivity contribution in [3.8, 4) is 6.07 Å². The minimum Gasteiger partial charge on any atom is -0.207 e. The largest absolute Gasteiger partial charge is 0.263 e. The van der Waals surface area contributed by atoms with Crippen molar-refractivity contribution in [3.05, 3.63) is 25.7 Å². The molecule has 1 aromatic carbocycles. The molecule has 0 saturated carbocycles. The maximum atomic E-state index is 11.2. The van der Waals surface area contributed by atoms with Crippen molar-refractivity contribution in [3.63, 3.8) is 0 Å². The topological polar surface area (TPSA) is 57.9 Å². The van der Waals surface area contributed by atoms with Gasteiger partial charge >= 0.3 is 0 Å². The van der Waals surface area contributed by atoms with E-state index >= 15 is 0 Å². The zero-order chi connectivity index (χ0) is 10.9. The number of halogens is 3. The quantitative estimate of drug-likeness (QED) is 0.532. The van der Waals surface area contributed by atoms with Crippen LogP contribution in [0.15, 0.2) is 21.5 Å². The molecule has 0 atom stereocenters. The fraction of sp³-hybridized carbons (Fsp3) is 0. The monoisotopic (exact) mass is 405 g/mol. The third-order valence-corrected chi connectivity index (χ3v) is 4.61. The van der Waals surface area contributed by atoms with Gasteiger partial charge < -0.3 is 0 Å². The molecule has 0 spiro atoms. The molecule has 0 aliphatic carbocycles. The summed E-state index contributed by atoms with van der Waals surface area (Å²) in [5.74, 6) is 0. The van der Waals surface area contributed by atoms with Gasteiger partial charge in [0.2, 0.25) is 0 Å². The molecular formula is C7H2BrClINO2S. The average molecular weight is 406 g/mol. The van der Waals surface area contributed by atoms with Gasteiger partial charge in [0.15, 0.2) is 0 Å². The Kier molecular flexibility index (Phi) is 3.80. The Bertz CT molecular complexity index is 523. The van der Waals surface area contributed by atoms with Crippen LogP contribution in [0.3, 0.4) is 0 Å². The van der Waals surface area contributed by atoms with E-state index in [1.807, 2.05) is 28.7 Å². The van der Waals surface area contributed by atoms with Crippen LogP contribution in [0.2, 0.25) is 0 Å². The number of nitrogens with zero attached hydrogens (tertiary/aromatic N) is 1. The van der Waals surface area contributed by atoms with E-state index in [4.69, 9.17) is 15.9 Å². The minimum absolute atomic E-state index is 0.0648. The second-order valence-corrected chi connectivity index (χ2v) is 6.80. The van der Waals surface area contributed by atoms with Gasteiger partial charge in [-0.25, -0.2) is 8.42 Å². The molecule has 0 fully saturated rings. The molecule has 14 heavy (non-hydrogen) atoms. The average Bonchev–Trinajstić information content (AvgIpc) is 2.06. The maximum absolute atomic E-state index is 11.2. The first kappa shape index (κ1) is 12.2. The summed E-state index contributed by atoms with van der Waals surface area (Å²) in [5.41, 5.74) is 0.0648. The molecule has 0 N–H and O–H groups in total. The highest BCUT2D eigenvalue weighted by atomic mass is 127. The van der Waals surface area contributed by atoms with Crippen molar-refractivity contribution < 1.29 is 8.42 Å². The number of benzene rings is 1. The van der Waals surface area contributed by atoms with Crippen LogP contribution in [0.5, 0.6) is 0 Å². The summed E-state index contributed by atoms with van der Waals surface area (Å²) in [7, 11) is 1.31. The molecule has 0 heterocycles. The van der Waals surface area contributed by atoms with Crippen molar-refractivity contribution >= 4 is 58.3 Å². The highest BCUT2D eigenvalue weighted by Crippen LogP contribution is 2.31. The molecule has 3 nitrogen and oxygen atoms in total. The van der Waals surface area contributed by atoms with E-state index < -0.39 is 9.05 Å². The van der Waals surface area contributed by atoms with E-state index in [0.29, 0.717) is 8.04 Å². The minimum atomic E-state index is -3.90. The summed E-state index contributed by atoms with van der Waals surface area (Å²) in [6.45, 7) is 0. The highest BCUT2D eigenvalue weighted by molar-refractivity contribution is 14.1. The molecule has 0 bridgehead atoms. The van der Waals surface area contributed by atoms with Crippen LogP contribution in [0, 0.1) is 14.9 Å². The molecule has 1 aromatic rings. The lowest BCUT2D eigenvalue weighted by atomic mass is 10.2. The van der Waals surface area contributed by atoms with E-state index in [1.54, 1.807) is 6.07 Å². The smallest absolute Gasteiger partial charge is 0.207 e. The predicted molar refractivity (Wildman–Crippen MR) is 64.6 cm³/mol. The van der Waals surface area contributed by atoms with Crippen LogP contribution in [-0.4, -0.2) is 8.42 Å². The lowest BCUT2D eigenvalue weighted by Gasteiger charge is -2.04. The zero-order valence-electron chi connectivity index (χ0n) is 6.46. The second kappa shape index (κ2) is 4.35. The number of rotatable bonds is 1. The van der Waals surface area contributed by atoms with Crippen molar-refractivity contribution in [2.24, 2.45) is 0 Å². The van der Waals surface area contributed by atoms with Gasteiger partial charge in [-0.2, -0.15) is 5.26 Å². The summed E-state index contributed by atoms with van der Waals surface area (Å²) < 4.78 is 23.2. The Hall–Kier alpha value is 0.160. The van der Waals surface area contributed by atoms with E-state index in [9.17, 15) is 8.42 Å². The van der Waals surface area contributed by atoms with Gasteiger partial charge in [0.1, 0.15) is 11.0 Å². The van der Waals surface area contributed by atoms with Crippen molar-refractivity contribution in [2.45, 2.75) is 4.90 Å². The van der Waals surface area contributed by atoms with Gasteiger partial charge in [-0.1, -0.05) is 0 Å². The predicted octanol–water partition coefficient (Wildman–Crippen LogP) is 2.85. The molecule has 0 amide bonds. The van der Waals surface area contributed by atoms with E-state index in [-0.39, 0.29) is 10.5 Å². The Morgan fingerprint density at radius 2 is 2.07 bits per heavy atom. The molecule has 0 unspecified atom stereocenters. The third kappa shape index (κ3) is 2.39. The van der Waals surface area contributed by atoms with Crippen molar-refractivity contribution in [2.75, 3.05) is 0 Å². The molecule has 0 aliphatic rings. The highest BCUT2D eigenvalue weighted by Gasteiger charge is 2.21. The molecule has 74 valence electrons. The molecule has 1 rings (SSSR count). The fourth-order valence-electron chi connectivity index (χ4n) is 0.876. The van der Waals surface area contributed by atoms with Gasteiger partial charge in [0, 0.05) is 18.7 Å². The van der Waals surface area contributed by atoms with Gasteiger partial charge in [-0.15, -0.1) is 0 Å². The third-order valence-electron chi connectivity index (χ3n) is 1.41. The summed E-state index contributed by atoms with van der Waals surface area (Å²) >= 11 is 4.92. The van der Waals surface area contributed by atoms with Crippen LogP contribution >= 0.6 is 49.2 Å². The standard InChI is InChI=1S/C7H2BrClINO2S/c8-5-1-2-6(10)4(3-11)7(5)14(9,12)13/h1-2H. The van der Waals surface area contributed by atoms with Crippen LogP contribution in [0.4, 0.5) is 0 Å². The molecule has 0 aliphatic heterocycles. The first-order valence-corrected chi connectivity index (χ1v) is 7.39. The van der Waals surface area contributed by atoms with E-state index in [2.05, 4.69) is 15.9 Å². The van der Waals surface area contributed by atoms with Gasteiger partial charge in [0.25, 0.3) is 9.05 Å². The molecule has 7 heteroatoms. The maximum Gasteiger partial charge on any atom is 0.263 e. The van der Waals surface area contributed by atoms with Crippen LogP contribution < -0.4 is 0 Å². The lowest BCUT2D eigenvalue weighted by molar-refractivity contribution is 0.609. The Morgan fingerprint density at radius 3 is 2.43 bits per heavy atom.